The molecule has 0 spiro atoms. The van der Waals surface area contributed by atoms with Gasteiger partial charge in [0.25, 0.3) is 0 Å². The van der Waals surface area contributed by atoms with Gasteiger partial charge in [-0.3, -0.25) is 24.5 Å². The monoisotopic (exact) mass is 575 g/mol. The summed E-state index contributed by atoms with van der Waals surface area (Å²) in [5.41, 5.74) is 1.50. The van der Waals surface area contributed by atoms with Gasteiger partial charge in [-0.25, -0.2) is 19.0 Å². The summed E-state index contributed by atoms with van der Waals surface area (Å²) < 4.78 is 14.7. The number of aromatic nitrogens is 7. The molecule has 14 heteroatoms. The van der Waals surface area contributed by atoms with Gasteiger partial charge >= 0.3 is 0 Å². The molecule has 2 N–H and O–H groups in total. The first kappa shape index (κ1) is 28.8. The fourth-order valence-electron chi connectivity index (χ4n) is 5.22. The molecule has 4 aromatic heterocycles. The Balaban J connectivity index is 1.31. The first-order valence-corrected chi connectivity index (χ1v) is 13.6. The Morgan fingerprint density at radius 3 is 2.48 bits per heavy atom. The number of nitrogens with one attached hydrogen (secondary N) is 2. The summed E-state index contributed by atoms with van der Waals surface area (Å²) in [6.45, 7) is 6.65. The summed E-state index contributed by atoms with van der Waals surface area (Å²) in [4.78, 5) is 45.3. The number of anilines is 3. The van der Waals surface area contributed by atoms with E-state index in [0.717, 1.165) is 17.6 Å². The largest absolute Gasteiger partial charge is 0.341 e. The van der Waals surface area contributed by atoms with Crippen molar-refractivity contribution in [1.82, 2.24) is 44.7 Å². The van der Waals surface area contributed by atoms with Gasteiger partial charge in [0.15, 0.2) is 17.5 Å². The molecule has 220 valence electrons. The maximum atomic E-state index is 14.1. The van der Waals surface area contributed by atoms with E-state index in [4.69, 9.17) is 4.98 Å². The number of hydrogen-bond donors (Lipinski definition) is 2. The Kier molecular flexibility index (Phi) is 7.98. The Labute approximate surface area is 242 Å². The molecule has 0 aliphatic carbocycles. The molecule has 42 heavy (non-hydrogen) atoms. The molecule has 5 heterocycles. The van der Waals surface area contributed by atoms with E-state index in [1.165, 1.54) is 15.8 Å². The molecule has 0 saturated carbocycles. The Bertz CT molecular complexity index is 1560. The highest BCUT2D eigenvalue weighted by atomic mass is 19.1. The number of halogens is 1. The van der Waals surface area contributed by atoms with Crippen LogP contribution in [-0.4, -0.2) is 89.8 Å². The van der Waals surface area contributed by atoms with Gasteiger partial charge in [-0.15, -0.1) is 0 Å². The van der Waals surface area contributed by atoms with Crippen molar-refractivity contribution in [3.8, 4) is 5.82 Å². The topological polar surface area (TPSA) is 141 Å². The predicted molar refractivity (Wildman–Crippen MR) is 154 cm³/mol. The number of amides is 2. The number of piperidine rings is 1. The van der Waals surface area contributed by atoms with E-state index >= 15 is 0 Å². The Morgan fingerprint density at radius 1 is 1.14 bits per heavy atom. The molecule has 1 unspecified atom stereocenters. The zero-order valence-corrected chi connectivity index (χ0v) is 24.2. The quantitative estimate of drug-likeness (QED) is 0.286. The van der Waals surface area contributed by atoms with Gasteiger partial charge in [-0.2, -0.15) is 15.2 Å². The number of carbonyl (C=O) groups is 2. The summed E-state index contributed by atoms with van der Waals surface area (Å²) >= 11 is 0. The molecule has 0 aromatic carbocycles. The number of pyridine rings is 1. The molecule has 1 aliphatic rings. The van der Waals surface area contributed by atoms with E-state index in [2.05, 4.69) is 35.5 Å². The molecule has 0 radical (unpaired) electrons. The van der Waals surface area contributed by atoms with Crippen LogP contribution in [0.15, 0.2) is 42.9 Å². The molecule has 0 bridgehead atoms. The average molecular weight is 576 g/mol. The molecule has 1 atom stereocenters. The third-order valence-corrected chi connectivity index (χ3v) is 7.74. The number of aryl methyl sites for hydroxylation is 2. The van der Waals surface area contributed by atoms with Crippen molar-refractivity contribution in [1.29, 1.82) is 0 Å². The van der Waals surface area contributed by atoms with E-state index in [9.17, 15) is 14.0 Å². The van der Waals surface area contributed by atoms with Crippen LogP contribution in [-0.2, 0) is 9.59 Å². The first-order valence-electron chi connectivity index (χ1n) is 13.6. The van der Waals surface area contributed by atoms with Gasteiger partial charge in [0.2, 0.25) is 18.3 Å². The molecule has 2 amide bonds. The van der Waals surface area contributed by atoms with Crippen molar-refractivity contribution in [2.75, 3.05) is 37.4 Å². The highest BCUT2D eigenvalue weighted by molar-refractivity contribution is 5.94. The summed E-state index contributed by atoms with van der Waals surface area (Å²) in [6, 6.07) is 6.60. The lowest BCUT2D eigenvalue weighted by atomic mass is 9.84. The SMILES string of the molecule is Cc1cc(Nc2cc(C)[nH]n2)nc(N2CCC(C(=O)N(C=O)C(C)c3ccc(-n4cc(F)cn4)nc3)(N(C)C)CC2)n1. The van der Waals surface area contributed by atoms with Crippen molar-refractivity contribution >= 4 is 29.9 Å². The van der Waals surface area contributed by atoms with E-state index in [1.807, 2.05) is 45.0 Å². The van der Waals surface area contributed by atoms with Crippen molar-refractivity contribution in [2.45, 2.75) is 45.2 Å². The standard InChI is InChI=1S/C28H34FN11O2/c1-18-12-23(33-24-13-19(2)35-36-24)34-27(32-18)38-10-8-28(9-11-38,37(4)5)26(42)39(17-41)20(3)21-6-7-25(30-14-21)40-16-22(29)15-31-40/h6-7,12-17,20H,8-11H2,1-5H3,(H2,32,33,34,35,36). The number of likely N-dealkylation sites (N-methyl/N-ethyl adjacent to an activating group) is 1. The van der Waals surface area contributed by atoms with Crippen LogP contribution in [0, 0.1) is 19.7 Å². The van der Waals surface area contributed by atoms with Gasteiger partial charge < -0.3 is 10.2 Å². The number of nitrogens with zero attached hydrogens (tertiary/aromatic N) is 9. The molecule has 5 rings (SSSR count). The first-order chi connectivity index (χ1) is 20.1. The van der Waals surface area contributed by atoms with Crippen LogP contribution in [0.1, 0.15) is 42.8 Å². The zero-order valence-electron chi connectivity index (χ0n) is 24.2. The zero-order chi connectivity index (χ0) is 30.0. The van der Waals surface area contributed by atoms with E-state index in [-0.39, 0.29) is 5.91 Å². The third-order valence-electron chi connectivity index (χ3n) is 7.74. The highest BCUT2D eigenvalue weighted by Crippen LogP contribution is 2.33. The Morgan fingerprint density at radius 2 is 1.90 bits per heavy atom. The number of carbonyl (C=O) groups excluding carboxylic acids is 2. The van der Waals surface area contributed by atoms with Crippen LogP contribution >= 0.6 is 0 Å². The summed E-state index contributed by atoms with van der Waals surface area (Å²) in [5.74, 6) is 1.52. The van der Waals surface area contributed by atoms with Gasteiger partial charge in [0.05, 0.1) is 18.4 Å². The van der Waals surface area contributed by atoms with Gasteiger partial charge in [0.1, 0.15) is 11.4 Å². The van der Waals surface area contributed by atoms with Crippen LogP contribution in [0.4, 0.5) is 22.0 Å². The average Bonchev–Trinajstić information content (AvgIpc) is 3.60. The number of hydrogen-bond acceptors (Lipinski definition) is 10. The van der Waals surface area contributed by atoms with Crippen LogP contribution in [0.2, 0.25) is 0 Å². The molecular formula is C28H34FN11O2. The molecule has 1 fully saturated rings. The predicted octanol–water partition coefficient (Wildman–Crippen LogP) is 2.93. The summed E-state index contributed by atoms with van der Waals surface area (Å²) in [5, 5.41) is 14.2. The maximum absolute atomic E-state index is 14.1. The number of H-pyrrole nitrogens is 1. The van der Waals surface area contributed by atoms with Crippen LogP contribution < -0.4 is 10.2 Å². The number of imide groups is 1. The van der Waals surface area contributed by atoms with Crippen LogP contribution in [0.3, 0.4) is 0 Å². The highest BCUT2D eigenvalue weighted by Gasteiger charge is 2.47. The molecule has 13 nitrogen and oxygen atoms in total. The van der Waals surface area contributed by atoms with Crippen molar-refractivity contribution in [2.24, 2.45) is 0 Å². The molecule has 1 saturated heterocycles. The van der Waals surface area contributed by atoms with E-state index in [0.29, 0.717) is 61.3 Å². The van der Waals surface area contributed by atoms with Gasteiger partial charge in [-0.1, -0.05) is 6.07 Å². The second kappa shape index (κ2) is 11.6. The lowest BCUT2D eigenvalue weighted by Gasteiger charge is -2.46. The van der Waals surface area contributed by atoms with E-state index in [1.54, 1.807) is 25.3 Å². The minimum Gasteiger partial charge on any atom is -0.341 e. The summed E-state index contributed by atoms with van der Waals surface area (Å²) in [6.07, 6.45) is 5.41. The van der Waals surface area contributed by atoms with Gasteiger partial charge in [-0.05, 0) is 59.3 Å². The minimum atomic E-state index is -0.900. The Hall–Kier alpha value is -4.72. The lowest BCUT2D eigenvalue weighted by molar-refractivity contribution is -0.151. The van der Waals surface area contributed by atoms with Crippen molar-refractivity contribution in [3.63, 3.8) is 0 Å². The minimum absolute atomic E-state index is 0.283. The van der Waals surface area contributed by atoms with E-state index < -0.39 is 17.4 Å². The molecule has 4 aromatic rings. The third kappa shape index (κ3) is 5.70. The number of rotatable bonds is 9. The molecular weight excluding hydrogens is 541 g/mol. The van der Waals surface area contributed by atoms with Crippen LogP contribution in [0.5, 0.6) is 0 Å². The maximum Gasteiger partial charge on any atom is 0.250 e. The second-order valence-electron chi connectivity index (χ2n) is 10.7. The smallest absolute Gasteiger partial charge is 0.250 e. The second-order valence-corrected chi connectivity index (χ2v) is 10.7. The normalized spacial score (nSPS) is 15.5. The fraction of sp³-hybridized carbons (Fsp3) is 0.393. The van der Waals surface area contributed by atoms with Crippen molar-refractivity contribution in [3.05, 3.63) is 65.6 Å². The van der Waals surface area contributed by atoms with Crippen LogP contribution in [0.25, 0.3) is 5.82 Å². The lowest BCUT2D eigenvalue weighted by Crippen LogP contribution is -2.62. The fourth-order valence-corrected chi connectivity index (χ4v) is 5.22. The summed E-state index contributed by atoms with van der Waals surface area (Å²) in [7, 11) is 3.72. The number of aromatic amines is 1. The van der Waals surface area contributed by atoms with Gasteiger partial charge in [0, 0.05) is 42.8 Å². The molecule has 1 aliphatic heterocycles. The van der Waals surface area contributed by atoms with Crippen molar-refractivity contribution < 1.29 is 14.0 Å².